The SMILES string of the molecule is COc1cccc2c(=O)c(C(=O)Nc3cccc(C)n3)c[nH]c12. The lowest BCUT2D eigenvalue weighted by Gasteiger charge is -2.08. The summed E-state index contributed by atoms with van der Waals surface area (Å²) in [6, 6.07) is 10.4. The van der Waals surface area contributed by atoms with Gasteiger partial charge in [0.25, 0.3) is 5.91 Å². The fraction of sp³-hybridized carbons (Fsp3) is 0.118. The molecule has 2 aromatic heterocycles. The number of hydrogen-bond donors (Lipinski definition) is 2. The molecule has 0 saturated carbocycles. The lowest BCUT2D eigenvalue weighted by Crippen LogP contribution is -2.22. The molecule has 0 spiro atoms. The Hall–Kier alpha value is -3.15. The van der Waals surface area contributed by atoms with Gasteiger partial charge in [-0.25, -0.2) is 4.98 Å². The zero-order chi connectivity index (χ0) is 16.4. The number of aryl methyl sites for hydroxylation is 1. The maximum absolute atomic E-state index is 12.5. The number of benzene rings is 1. The average molecular weight is 309 g/mol. The maximum Gasteiger partial charge on any atom is 0.262 e. The summed E-state index contributed by atoms with van der Waals surface area (Å²) in [7, 11) is 1.52. The van der Waals surface area contributed by atoms with Crippen LogP contribution in [-0.4, -0.2) is 23.0 Å². The van der Waals surface area contributed by atoms with Crippen molar-refractivity contribution in [2.45, 2.75) is 6.92 Å². The molecule has 0 radical (unpaired) electrons. The van der Waals surface area contributed by atoms with Crippen LogP contribution in [0.4, 0.5) is 5.82 Å². The fourth-order valence-corrected chi connectivity index (χ4v) is 2.36. The number of anilines is 1. The predicted molar refractivity (Wildman–Crippen MR) is 88.0 cm³/mol. The minimum Gasteiger partial charge on any atom is -0.495 e. The highest BCUT2D eigenvalue weighted by atomic mass is 16.5. The van der Waals surface area contributed by atoms with Gasteiger partial charge in [-0.15, -0.1) is 0 Å². The highest BCUT2D eigenvalue weighted by Gasteiger charge is 2.15. The zero-order valence-electron chi connectivity index (χ0n) is 12.7. The molecule has 6 nitrogen and oxygen atoms in total. The van der Waals surface area contributed by atoms with E-state index in [2.05, 4.69) is 15.3 Å². The van der Waals surface area contributed by atoms with Crippen molar-refractivity contribution < 1.29 is 9.53 Å². The molecule has 2 heterocycles. The summed E-state index contributed by atoms with van der Waals surface area (Å²) in [6.45, 7) is 1.82. The normalized spacial score (nSPS) is 10.5. The number of H-pyrrole nitrogens is 1. The van der Waals surface area contributed by atoms with E-state index in [9.17, 15) is 9.59 Å². The number of aromatic nitrogens is 2. The highest BCUT2D eigenvalue weighted by Crippen LogP contribution is 2.21. The van der Waals surface area contributed by atoms with Gasteiger partial charge in [-0.1, -0.05) is 12.1 Å². The van der Waals surface area contributed by atoms with E-state index in [1.165, 1.54) is 13.3 Å². The Balaban J connectivity index is 2.01. The lowest BCUT2D eigenvalue weighted by molar-refractivity contribution is 0.102. The first-order valence-electron chi connectivity index (χ1n) is 7.03. The zero-order valence-corrected chi connectivity index (χ0v) is 12.7. The summed E-state index contributed by atoms with van der Waals surface area (Å²) >= 11 is 0. The molecule has 1 amide bonds. The van der Waals surface area contributed by atoms with Crippen LogP contribution in [0.2, 0.25) is 0 Å². The molecule has 0 aliphatic heterocycles. The van der Waals surface area contributed by atoms with Crippen molar-refractivity contribution in [3.63, 3.8) is 0 Å². The van der Waals surface area contributed by atoms with Crippen molar-refractivity contribution in [2.24, 2.45) is 0 Å². The number of aromatic amines is 1. The Morgan fingerprint density at radius 2 is 2.00 bits per heavy atom. The summed E-state index contributed by atoms with van der Waals surface area (Å²) in [6.07, 6.45) is 1.39. The number of carbonyl (C=O) groups excluding carboxylic acids is 1. The van der Waals surface area contributed by atoms with E-state index in [4.69, 9.17) is 4.74 Å². The first-order chi connectivity index (χ1) is 11.1. The van der Waals surface area contributed by atoms with Gasteiger partial charge in [0.2, 0.25) is 5.43 Å². The summed E-state index contributed by atoms with van der Waals surface area (Å²) in [5.41, 5.74) is 1.00. The number of nitrogens with one attached hydrogen (secondary N) is 2. The minimum absolute atomic E-state index is 0.0223. The second kappa shape index (κ2) is 5.92. The molecule has 3 aromatic rings. The summed E-state index contributed by atoms with van der Waals surface area (Å²) in [4.78, 5) is 32.0. The molecule has 0 fully saturated rings. The van der Waals surface area contributed by atoms with E-state index in [0.29, 0.717) is 22.5 Å². The second-order valence-corrected chi connectivity index (χ2v) is 5.03. The number of methoxy groups -OCH3 is 1. The molecule has 0 atom stereocenters. The maximum atomic E-state index is 12.5. The molecule has 3 rings (SSSR count). The minimum atomic E-state index is -0.505. The van der Waals surface area contributed by atoms with Crippen LogP contribution >= 0.6 is 0 Å². The van der Waals surface area contributed by atoms with E-state index in [1.54, 1.807) is 30.3 Å². The highest BCUT2D eigenvalue weighted by molar-refractivity contribution is 6.05. The molecular formula is C17H15N3O3. The first kappa shape index (κ1) is 14.8. The standard InChI is InChI=1S/C17H15N3O3/c1-10-5-3-8-14(19-10)20-17(22)12-9-18-15-11(16(12)21)6-4-7-13(15)23-2/h3-9H,1-2H3,(H,18,21)(H,19,20,22). The number of hydrogen-bond acceptors (Lipinski definition) is 4. The Labute approximate surface area is 132 Å². The van der Waals surface area contributed by atoms with Gasteiger partial charge in [0.05, 0.1) is 18.0 Å². The van der Waals surface area contributed by atoms with Gasteiger partial charge in [0.1, 0.15) is 17.1 Å². The smallest absolute Gasteiger partial charge is 0.262 e. The number of nitrogens with zero attached hydrogens (tertiary/aromatic N) is 1. The van der Waals surface area contributed by atoms with Crippen LogP contribution in [0, 0.1) is 6.92 Å². The number of para-hydroxylation sites is 1. The summed E-state index contributed by atoms with van der Waals surface area (Å²) < 4.78 is 5.21. The van der Waals surface area contributed by atoms with Crippen LogP contribution < -0.4 is 15.5 Å². The van der Waals surface area contributed by atoms with Crippen molar-refractivity contribution in [2.75, 3.05) is 12.4 Å². The summed E-state index contributed by atoms with van der Waals surface area (Å²) in [5.74, 6) is 0.445. The van der Waals surface area contributed by atoms with Crippen molar-refractivity contribution in [1.29, 1.82) is 0 Å². The first-order valence-corrected chi connectivity index (χ1v) is 7.03. The molecule has 0 unspecified atom stereocenters. The summed E-state index contributed by atoms with van der Waals surface area (Å²) in [5, 5.41) is 3.03. The number of pyridine rings is 2. The number of fused-ring (bicyclic) bond motifs is 1. The second-order valence-electron chi connectivity index (χ2n) is 5.03. The molecule has 0 saturated heterocycles. The molecule has 1 aromatic carbocycles. The van der Waals surface area contributed by atoms with E-state index in [1.807, 2.05) is 13.0 Å². The van der Waals surface area contributed by atoms with Crippen LogP contribution in [0.1, 0.15) is 16.1 Å². The van der Waals surface area contributed by atoms with E-state index in [-0.39, 0.29) is 11.0 Å². The van der Waals surface area contributed by atoms with Gasteiger partial charge >= 0.3 is 0 Å². The number of rotatable bonds is 3. The van der Waals surface area contributed by atoms with Crippen LogP contribution in [0.25, 0.3) is 10.9 Å². The molecule has 0 bridgehead atoms. The Morgan fingerprint density at radius 1 is 1.22 bits per heavy atom. The molecule has 0 aliphatic carbocycles. The van der Waals surface area contributed by atoms with Gasteiger partial charge in [-0.3, -0.25) is 9.59 Å². The van der Waals surface area contributed by atoms with Gasteiger partial charge in [0, 0.05) is 11.9 Å². The monoisotopic (exact) mass is 309 g/mol. The van der Waals surface area contributed by atoms with Crippen LogP contribution in [0.5, 0.6) is 5.75 Å². The Bertz CT molecular complexity index is 947. The van der Waals surface area contributed by atoms with Crippen molar-refractivity contribution in [1.82, 2.24) is 9.97 Å². The predicted octanol–water partition coefficient (Wildman–Crippen LogP) is 2.49. The molecule has 0 aliphatic rings. The van der Waals surface area contributed by atoms with Gasteiger partial charge in [-0.2, -0.15) is 0 Å². The number of carbonyl (C=O) groups is 1. The third-order valence-corrected chi connectivity index (χ3v) is 3.47. The van der Waals surface area contributed by atoms with Crippen LogP contribution in [-0.2, 0) is 0 Å². The van der Waals surface area contributed by atoms with Crippen molar-refractivity contribution >= 4 is 22.6 Å². The van der Waals surface area contributed by atoms with Crippen molar-refractivity contribution in [3.05, 3.63) is 64.1 Å². The van der Waals surface area contributed by atoms with Gasteiger partial charge in [-0.05, 0) is 31.2 Å². The van der Waals surface area contributed by atoms with Gasteiger partial charge in [0.15, 0.2) is 0 Å². The quantitative estimate of drug-likeness (QED) is 0.778. The molecular weight excluding hydrogens is 294 g/mol. The van der Waals surface area contributed by atoms with E-state index >= 15 is 0 Å². The molecule has 6 heteroatoms. The topological polar surface area (TPSA) is 84.1 Å². The Kier molecular flexibility index (Phi) is 3.80. The number of ether oxygens (including phenoxy) is 1. The van der Waals surface area contributed by atoms with Crippen LogP contribution in [0.15, 0.2) is 47.4 Å². The molecule has 23 heavy (non-hydrogen) atoms. The molecule has 2 N–H and O–H groups in total. The van der Waals surface area contributed by atoms with E-state index in [0.717, 1.165) is 5.69 Å². The third kappa shape index (κ3) is 2.78. The van der Waals surface area contributed by atoms with Crippen molar-refractivity contribution in [3.8, 4) is 5.75 Å². The third-order valence-electron chi connectivity index (χ3n) is 3.47. The van der Waals surface area contributed by atoms with Crippen LogP contribution in [0.3, 0.4) is 0 Å². The number of amides is 1. The van der Waals surface area contributed by atoms with E-state index < -0.39 is 5.91 Å². The molecule has 116 valence electrons. The lowest BCUT2D eigenvalue weighted by atomic mass is 10.1. The van der Waals surface area contributed by atoms with Gasteiger partial charge < -0.3 is 15.0 Å². The average Bonchev–Trinajstić information content (AvgIpc) is 2.54. The fourth-order valence-electron chi connectivity index (χ4n) is 2.36. The Morgan fingerprint density at radius 3 is 2.74 bits per heavy atom. The largest absolute Gasteiger partial charge is 0.495 e.